The van der Waals surface area contributed by atoms with E-state index in [1.54, 1.807) is 0 Å². The highest BCUT2D eigenvalue weighted by Crippen LogP contribution is 2.49. The highest BCUT2D eigenvalue weighted by Gasteiger charge is 2.29. The van der Waals surface area contributed by atoms with E-state index in [1.165, 1.54) is 0 Å². The molecule has 0 radical (unpaired) electrons. The van der Waals surface area contributed by atoms with E-state index in [0.717, 1.165) is 5.45 Å². The quantitative estimate of drug-likeness (QED) is 0.551. The molecule has 0 saturated carbocycles. The van der Waals surface area contributed by atoms with Gasteiger partial charge >= 0.3 is 0 Å². The van der Waals surface area contributed by atoms with Crippen molar-refractivity contribution in [2.24, 2.45) is 4.99 Å². The molecular weight excluding hydrogens is 209 g/mol. The van der Waals surface area contributed by atoms with Crippen LogP contribution in [0.1, 0.15) is 20.8 Å². The summed E-state index contributed by atoms with van der Waals surface area (Å²) in [6, 6.07) is 0.199. The molecule has 0 amide bonds. The summed E-state index contributed by atoms with van der Waals surface area (Å²) in [5.74, 6) is 0. The summed E-state index contributed by atoms with van der Waals surface area (Å²) in [4.78, 5) is 4.47. The van der Waals surface area contributed by atoms with E-state index >= 15 is 0 Å². The molecule has 0 aromatic rings. The maximum atomic E-state index is 12.6. The number of hydrogen-bond acceptors (Lipinski definition) is 3. The Labute approximate surface area is 92.0 Å². The van der Waals surface area contributed by atoms with Gasteiger partial charge in [0.05, 0.1) is 18.7 Å². The Morgan fingerprint density at radius 2 is 2.00 bits per heavy atom. The van der Waals surface area contributed by atoms with Crippen LogP contribution in [0, 0.1) is 0 Å². The fraction of sp³-hybridized carbons (Fsp3) is 0.727. The molecule has 1 aliphatic rings. The van der Waals surface area contributed by atoms with Crippen LogP contribution >= 0.6 is 7.14 Å². The number of allylic oxidation sites excluding steroid dienone is 2. The number of rotatable bonds is 3. The molecule has 0 spiro atoms. The zero-order valence-electron chi connectivity index (χ0n) is 9.77. The monoisotopic (exact) mass is 229 g/mol. The average Bonchev–Trinajstić information content (AvgIpc) is 2.18. The largest absolute Gasteiger partial charge is 0.380 e. The van der Waals surface area contributed by atoms with Crippen molar-refractivity contribution in [2.45, 2.75) is 26.8 Å². The number of ether oxygens (including phenoxy) is 1. The van der Waals surface area contributed by atoms with Crippen LogP contribution < -0.4 is 0 Å². The zero-order valence-corrected chi connectivity index (χ0v) is 10.7. The Morgan fingerprint density at radius 3 is 2.47 bits per heavy atom. The molecule has 1 rings (SSSR count). The molecule has 0 unspecified atom stereocenters. The number of nitrogens with zero attached hydrogens (tertiary/aromatic N) is 1. The molecule has 1 heterocycles. The van der Waals surface area contributed by atoms with Crippen molar-refractivity contribution in [2.75, 3.05) is 25.5 Å². The van der Waals surface area contributed by atoms with Gasteiger partial charge in [0, 0.05) is 18.4 Å². The van der Waals surface area contributed by atoms with Crippen LogP contribution in [0.15, 0.2) is 17.1 Å². The van der Waals surface area contributed by atoms with Crippen LogP contribution in [0.5, 0.6) is 0 Å². The van der Waals surface area contributed by atoms with Crippen molar-refractivity contribution in [3.63, 3.8) is 0 Å². The number of aliphatic imine (C=N–C) groups is 1. The Kier molecular flexibility index (Phi) is 4.75. The maximum Gasteiger partial charge on any atom is 0.137 e. The van der Waals surface area contributed by atoms with Crippen LogP contribution in [0.2, 0.25) is 0 Å². The molecule has 1 fully saturated rings. The Morgan fingerprint density at radius 1 is 1.40 bits per heavy atom. The van der Waals surface area contributed by atoms with Crippen molar-refractivity contribution in [1.82, 2.24) is 0 Å². The van der Waals surface area contributed by atoms with E-state index < -0.39 is 7.14 Å². The lowest BCUT2D eigenvalue weighted by molar-refractivity contribution is 0.156. The van der Waals surface area contributed by atoms with Gasteiger partial charge in [-0.15, -0.1) is 0 Å². The average molecular weight is 229 g/mol. The van der Waals surface area contributed by atoms with Crippen LogP contribution in [0.3, 0.4) is 0 Å². The van der Waals surface area contributed by atoms with Crippen molar-refractivity contribution in [3.05, 3.63) is 12.2 Å². The molecule has 0 aromatic heterocycles. The van der Waals surface area contributed by atoms with Gasteiger partial charge in [-0.2, -0.15) is 0 Å². The molecule has 86 valence electrons. The molecule has 1 saturated heterocycles. The van der Waals surface area contributed by atoms with Gasteiger partial charge in [-0.3, -0.25) is 4.99 Å². The predicted molar refractivity (Wildman–Crippen MR) is 65.5 cm³/mol. The first-order chi connectivity index (χ1) is 7.08. The second-order valence-corrected chi connectivity index (χ2v) is 7.16. The first-order valence-corrected chi connectivity index (χ1v) is 7.53. The maximum absolute atomic E-state index is 12.6. The van der Waals surface area contributed by atoms with Gasteiger partial charge in [0.15, 0.2) is 0 Å². The summed E-state index contributed by atoms with van der Waals surface area (Å²) in [7, 11) is -2.26. The highest BCUT2D eigenvalue weighted by atomic mass is 31.2. The second-order valence-electron chi connectivity index (χ2n) is 4.03. The highest BCUT2D eigenvalue weighted by molar-refractivity contribution is 7.81. The molecule has 0 aliphatic carbocycles. The molecule has 3 nitrogen and oxygen atoms in total. The minimum atomic E-state index is -2.26. The van der Waals surface area contributed by atoms with Crippen LogP contribution in [-0.4, -0.2) is 37.0 Å². The summed E-state index contributed by atoms with van der Waals surface area (Å²) >= 11 is 0. The fourth-order valence-electron chi connectivity index (χ4n) is 1.56. The fourth-order valence-corrected chi connectivity index (χ4v) is 3.96. The van der Waals surface area contributed by atoms with Crippen molar-refractivity contribution < 1.29 is 9.30 Å². The van der Waals surface area contributed by atoms with Gasteiger partial charge in [-0.25, -0.2) is 0 Å². The van der Waals surface area contributed by atoms with Crippen LogP contribution in [-0.2, 0) is 9.30 Å². The van der Waals surface area contributed by atoms with E-state index in [1.807, 2.05) is 32.9 Å². The molecular formula is C11H20NO2P. The standard InChI is InChI=1S/C11H20NO2P/c1-4-5-11(12-10(2)3)15(13)8-6-14-7-9-15/h4-5,10H,6-9H2,1-3H3/b5-4-,12-11+. The Bertz CT molecular complexity index is 298. The lowest BCUT2D eigenvalue weighted by Crippen LogP contribution is -2.20. The van der Waals surface area contributed by atoms with E-state index in [2.05, 4.69) is 4.99 Å². The number of hydrogen-bond donors (Lipinski definition) is 0. The Balaban J connectivity index is 2.92. The predicted octanol–water partition coefficient (Wildman–Crippen LogP) is 2.76. The van der Waals surface area contributed by atoms with Gasteiger partial charge in [0.2, 0.25) is 0 Å². The summed E-state index contributed by atoms with van der Waals surface area (Å²) in [6.07, 6.45) is 5.09. The first-order valence-electron chi connectivity index (χ1n) is 5.45. The van der Waals surface area contributed by atoms with Gasteiger partial charge in [0.25, 0.3) is 0 Å². The van der Waals surface area contributed by atoms with Crippen molar-refractivity contribution in [3.8, 4) is 0 Å². The van der Waals surface area contributed by atoms with E-state index in [0.29, 0.717) is 25.5 Å². The normalized spacial score (nSPS) is 22.5. The molecule has 0 aromatic carbocycles. The third-order valence-corrected chi connectivity index (χ3v) is 5.23. The van der Waals surface area contributed by atoms with Gasteiger partial charge < -0.3 is 9.30 Å². The molecule has 4 heteroatoms. The summed E-state index contributed by atoms with van der Waals surface area (Å²) in [6.45, 7) is 7.16. The summed E-state index contributed by atoms with van der Waals surface area (Å²) < 4.78 is 17.8. The molecule has 0 N–H and O–H groups in total. The summed E-state index contributed by atoms with van der Waals surface area (Å²) in [5.41, 5.74) is 0.795. The molecule has 15 heavy (non-hydrogen) atoms. The molecule has 0 atom stereocenters. The summed E-state index contributed by atoms with van der Waals surface area (Å²) in [5, 5.41) is 0. The van der Waals surface area contributed by atoms with E-state index in [4.69, 9.17) is 4.74 Å². The SMILES string of the molecule is C/C=C\C(=N/C(C)C)P1(=O)CCOCC1. The van der Waals surface area contributed by atoms with Crippen molar-refractivity contribution >= 4 is 12.6 Å². The van der Waals surface area contributed by atoms with E-state index in [-0.39, 0.29) is 6.04 Å². The lowest BCUT2D eigenvalue weighted by atomic mass is 10.4. The topological polar surface area (TPSA) is 38.7 Å². The first kappa shape index (κ1) is 12.7. The van der Waals surface area contributed by atoms with Crippen LogP contribution in [0.4, 0.5) is 0 Å². The zero-order chi connectivity index (χ0) is 11.3. The second kappa shape index (κ2) is 5.62. The molecule has 1 aliphatic heterocycles. The van der Waals surface area contributed by atoms with E-state index in [9.17, 15) is 4.57 Å². The minimum Gasteiger partial charge on any atom is -0.380 e. The van der Waals surface area contributed by atoms with Crippen molar-refractivity contribution in [1.29, 1.82) is 0 Å². The van der Waals surface area contributed by atoms with Crippen LogP contribution in [0.25, 0.3) is 0 Å². The Hall–Kier alpha value is -0.400. The third kappa shape index (κ3) is 3.58. The lowest BCUT2D eigenvalue weighted by Gasteiger charge is -2.23. The van der Waals surface area contributed by atoms with Gasteiger partial charge in [-0.05, 0) is 26.8 Å². The van der Waals surface area contributed by atoms with Gasteiger partial charge in [0.1, 0.15) is 7.14 Å². The molecule has 0 bridgehead atoms. The minimum absolute atomic E-state index is 0.199. The van der Waals surface area contributed by atoms with Gasteiger partial charge in [-0.1, -0.05) is 6.08 Å². The third-order valence-electron chi connectivity index (χ3n) is 2.32. The smallest absolute Gasteiger partial charge is 0.137 e.